The van der Waals surface area contributed by atoms with Crippen LogP contribution in [0.25, 0.3) is 0 Å². The third-order valence-electron chi connectivity index (χ3n) is 4.56. The molecule has 0 unspecified atom stereocenters. The number of hydrogen-bond donors (Lipinski definition) is 2. The van der Waals surface area contributed by atoms with Gasteiger partial charge in [0.25, 0.3) is 5.91 Å². The van der Waals surface area contributed by atoms with E-state index in [1.54, 1.807) is 0 Å². The normalized spacial score (nSPS) is 14.5. The average molecular weight is 358 g/mol. The molecule has 0 aliphatic heterocycles. The molecule has 2 amide bonds. The van der Waals surface area contributed by atoms with Crippen molar-refractivity contribution in [3.8, 4) is 0 Å². The van der Waals surface area contributed by atoms with Crippen molar-refractivity contribution in [2.75, 3.05) is 0 Å². The molecule has 1 aliphatic rings. The summed E-state index contributed by atoms with van der Waals surface area (Å²) >= 11 is 6.06. The fraction of sp³-hybridized carbons (Fsp3) is 0.316. The molecule has 1 aromatic heterocycles. The van der Waals surface area contributed by atoms with Crippen molar-refractivity contribution in [3.63, 3.8) is 0 Å². The van der Waals surface area contributed by atoms with E-state index in [0.717, 1.165) is 18.4 Å². The van der Waals surface area contributed by atoms with Crippen LogP contribution in [-0.2, 0) is 12.8 Å². The first-order valence-corrected chi connectivity index (χ1v) is 8.71. The molecule has 5 nitrogen and oxygen atoms in total. The van der Waals surface area contributed by atoms with E-state index in [0.29, 0.717) is 0 Å². The van der Waals surface area contributed by atoms with Crippen molar-refractivity contribution in [2.24, 2.45) is 5.73 Å². The minimum Gasteiger partial charge on any atom is -0.366 e. The molecule has 0 spiro atoms. The molecule has 25 heavy (non-hydrogen) atoms. The third-order valence-corrected chi connectivity index (χ3v) is 4.85. The number of amides is 2. The molecule has 0 fully saturated rings. The Hall–Kier alpha value is -2.40. The largest absolute Gasteiger partial charge is 0.366 e. The van der Waals surface area contributed by atoms with Gasteiger partial charge in [-0.3, -0.25) is 9.59 Å². The van der Waals surface area contributed by atoms with Gasteiger partial charge < -0.3 is 11.1 Å². The summed E-state index contributed by atoms with van der Waals surface area (Å²) in [6.07, 6.45) is 5.92. The van der Waals surface area contributed by atoms with E-state index in [-0.39, 0.29) is 28.2 Å². The summed E-state index contributed by atoms with van der Waals surface area (Å²) in [6, 6.07) is 7.56. The highest BCUT2D eigenvalue weighted by Gasteiger charge is 2.18. The Bertz CT molecular complexity index is 835. The van der Waals surface area contributed by atoms with Crippen molar-refractivity contribution in [1.29, 1.82) is 0 Å². The number of aromatic nitrogens is 1. The van der Waals surface area contributed by atoms with E-state index < -0.39 is 5.91 Å². The van der Waals surface area contributed by atoms with Gasteiger partial charge in [0.1, 0.15) is 5.69 Å². The minimum atomic E-state index is -0.635. The second kappa shape index (κ2) is 7.23. The maximum atomic E-state index is 12.4. The quantitative estimate of drug-likeness (QED) is 0.881. The molecule has 130 valence electrons. The van der Waals surface area contributed by atoms with Crippen molar-refractivity contribution < 1.29 is 9.59 Å². The van der Waals surface area contributed by atoms with Crippen LogP contribution in [-0.4, -0.2) is 16.8 Å². The zero-order chi connectivity index (χ0) is 18.0. The first-order chi connectivity index (χ1) is 12.0. The van der Waals surface area contributed by atoms with Gasteiger partial charge in [-0.1, -0.05) is 29.8 Å². The standard InChI is InChI=1S/C19H20ClN3O2/c1-11(13-7-6-12-4-2-3-5-14(12)8-13)23-19(25)17-16(20)9-15(10-22-17)18(21)24/h6-11H,2-5H2,1H3,(H2,21,24)(H,23,25)/t11-/m1/s1. The summed E-state index contributed by atoms with van der Waals surface area (Å²) in [5.41, 5.74) is 9.26. The Balaban J connectivity index is 1.75. The monoisotopic (exact) mass is 357 g/mol. The van der Waals surface area contributed by atoms with E-state index >= 15 is 0 Å². The predicted octanol–water partition coefficient (Wildman–Crippen LogP) is 3.20. The number of nitrogens with zero attached hydrogens (tertiary/aromatic N) is 1. The number of benzene rings is 1. The van der Waals surface area contributed by atoms with E-state index in [4.69, 9.17) is 17.3 Å². The van der Waals surface area contributed by atoms with Gasteiger partial charge in [0, 0.05) is 6.20 Å². The van der Waals surface area contributed by atoms with Crippen LogP contribution in [0, 0.1) is 0 Å². The van der Waals surface area contributed by atoms with Crippen molar-refractivity contribution in [1.82, 2.24) is 10.3 Å². The number of carbonyl (C=O) groups is 2. The average Bonchev–Trinajstić information content (AvgIpc) is 2.60. The summed E-state index contributed by atoms with van der Waals surface area (Å²) < 4.78 is 0. The van der Waals surface area contributed by atoms with Crippen LogP contribution >= 0.6 is 11.6 Å². The maximum Gasteiger partial charge on any atom is 0.271 e. The van der Waals surface area contributed by atoms with Crippen LogP contribution in [0.2, 0.25) is 5.02 Å². The van der Waals surface area contributed by atoms with Gasteiger partial charge in [0.15, 0.2) is 0 Å². The molecule has 1 heterocycles. The van der Waals surface area contributed by atoms with Gasteiger partial charge in [-0.25, -0.2) is 4.98 Å². The van der Waals surface area contributed by atoms with Crippen molar-refractivity contribution in [3.05, 3.63) is 63.4 Å². The van der Waals surface area contributed by atoms with Gasteiger partial charge in [-0.15, -0.1) is 0 Å². The number of pyridine rings is 1. The number of primary amides is 1. The van der Waals surface area contributed by atoms with Crippen LogP contribution in [0.3, 0.4) is 0 Å². The highest BCUT2D eigenvalue weighted by Crippen LogP contribution is 2.25. The molecule has 0 bridgehead atoms. The minimum absolute atomic E-state index is 0.0801. The maximum absolute atomic E-state index is 12.4. The highest BCUT2D eigenvalue weighted by atomic mass is 35.5. The number of fused-ring (bicyclic) bond motifs is 1. The molecule has 0 saturated heterocycles. The number of halogens is 1. The van der Waals surface area contributed by atoms with Crippen LogP contribution in [0.15, 0.2) is 30.5 Å². The fourth-order valence-electron chi connectivity index (χ4n) is 3.11. The van der Waals surface area contributed by atoms with E-state index in [9.17, 15) is 9.59 Å². The lowest BCUT2D eigenvalue weighted by atomic mass is 9.89. The Morgan fingerprint density at radius 2 is 1.92 bits per heavy atom. The van der Waals surface area contributed by atoms with E-state index in [1.165, 1.54) is 36.2 Å². The van der Waals surface area contributed by atoms with Crippen LogP contribution in [0.5, 0.6) is 0 Å². The second-order valence-electron chi connectivity index (χ2n) is 6.35. The summed E-state index contributed by atoms with van der Waals surface area (Å²) in [5, 5.41) is 3.01. The molecule has 1 aromatic carbocycles. The van der Waals surface area contributed by atoms with Crippen molar-refractivity contribution in [2.45, 2.75) is 38.6 Å². The number of aryl methyl sites for hydroxylation is 2. The van der Waals surface area contributed by atoms with Gasteiger partial charge in [-0.2, -0.15) is 0 Å². The zero-order valence-corrected chi connectivity index (χ0v) is 14.8. The SMILES string of the molecule is C[C@@H](NC(=O)c1ncc(C(N)=O)cc1Cl)c1ccc2c(c1)CCCC2. The number of carbonyl (C=O) groups excluding carboxylic acids is 2. The second-order valence-corrected chi connectivity index (χ2v) is 6.76. The third kappa shape index (κ3) is 3.82. The van der Waals surface area contributed by atoms with Crippen LogP contribution < -0.4 is 11.1 Å². The molecule has 3 N–H and O–H groups in total. The lowest BCUT2D eigenvalue weighted by Crippen LogP contribution is -2.28. The predicted molar refractivity (Wildman–Crippen MR) is 96.7 cm³/mol. The Morgan fingerprint density at radius 3 is 2.60 bits per heavy atom. The molecule has 0 saturated carbocycles. The topological polar surface area (TPSA) is 85.1 Å². The summed E-state index contributed by atoms with van der Waals surface area (Å²) in [7, 11) is 0. The molecule has 1 atom stereocenters. The molecule has 1 aliphatic carbocycles. The van der Waals surface area contributed by atoms with Gasteiger partial charge in [-0.05, 0) is 55.4 Å². The lowest BCUT2D eigenvalue weighted by Gasteiger charge is -2.20. The number of hydrogen-bond acceptors (Lipinski definition) is 3. The lowest BCUT2D eigenvalue weighted by molar-refractivity contribution is 0.0932. The Labute approximate surface area is 151 Å². The molecule has 0 radical (unpaired) electrons. The van der Waals surface area contributed by atoms with Crippen LogP contribution in [0.4, 0.5) is 0 Å². The molecule has 3 rings (SSSR count). The van der Waals surface area contributed by atoms with Crippen LogP contribution in [0.1, 0.15) is 63.3 Å². The fourth-order valence-corrected chi connectivity index (χ4v) is 3.36. The molecule has 2 aromatic rings. The summed E-state index contributed by atoms with van der Waals surface area (Å²) in [6.45, 7) is 1.92. The number of nitrogens with one attached hydrogen (secondary N) is 1. The Morgan fingerprint density at radius 1 is 1.20 bits per heavy atom. The number of rotatable bonds is 4. The highest BCUT2D eigenvalue weighted by molar-refractivity contribution is 6.33. The molecule has 6 heteroatoms. The Kier molecular flexibility index (Phi) is 5.04. The van der Waals surface area contributed by atoms with E-state index in [2.05, 4.69) is 28.5 Å². The first-order valence-electron chi connectivity index (χ1n) is 8.33. The summed E-state index contributed by atoms with van der Waals surface area (Å²) in [4.78, 5) is 27.6. The zero-order valence-electron chi connectivity index (χ0n) is 14.0. The molecular formula is C19H20ClN3O2. The molecular weight excluding hydrogens is 338 g/mol. The summed E-state index contributed by atoms with van der Waals surface area (Å²) in [5.74, 6) is -1.02. The van der Waals surface area contributed by atoms with Gasteiger partial charge in [0.05, 0.1) is 16.6 Å². The van der Waals surface area contributed by atoms with Gasteiger partial charge >= 0.3 is 0 Å². The van der Waals surface area contributed by atoms with Crippen molar-refractivity contribution >= 4 is 23.4 Å². The smallest absolute Gasteiger partial charge is 0.271 e. The van der Waals surface area contributed by atoms with E-state index in [1.807, 2.05) is 6.92 Å². The number of nitrogens with two attached hydrogens (primary N) is 1. The first kappa shape index (κ1) is 17.4. The van der Waals surface area contributed by atoms with Gasteiger partial charge in [0.2, 0.25) is 5.91 Å².